The molecule has 0 saturated heterocycles. The third kappa shape index (κ3) is 2.29. The number of hydrogen-bond acceptors (Lipinski definition) is 0. The van der Waals surface area contributed by atoms with Gasteiger partial charge in [0, 0.05) is 0 Å². The first kappa shape index (κ1) is 7.58. The number of halogens is 1. The predicted octanol–water partition coefficient (Wildman–Crippen LogP) is 2.46. The molecule has 1 aromatic heterocycles. The van der Waals surface area contributed by atoms with Crippen LogP contribution in [0.5, 0.6) is 0 Å². The molecule has 50 valence electrons. The molecule has 0 saturated carbocycles. The van der Waals surface area contributed by atoms with Crippen molar-refractivity contribution in [2.75, 3.05) is 0 Å². The number of aryl methyl sites for hydroxylation is 1. The van der Waals surface area contributed by atoms with Gasteiger partial charge in [-0.15, -0.1) is 0 Å². The normalized spacial score (nSPS) is 10.0. The van der Waals surface area contributed by atoms with E-state index in [4.69, 9.17) is 0 Å². The van der Waals surface area contributed by atoms with Crippen molar-refractivity contribution in [2.45, 2.75) is 19.8 Å². The van der Waals surface area contributed by atoms with Crippen LogP contribution in [-0.2, 0) is 6.42 Å². The van der Waals surface area contributed by atoms with E-state index in [0.717, 1.165) is 0 Å². The molecule has 0 amide bonds. The van der Waals surface area contributed by atoms with Crippen LogP contribution in [0.25, 0.3) is 0 Å². The summed E-state index contributed by atoms with van der Waals surface area (Å²) in [6.45, 7) is 2.23. The standard InChI is InChI=1S/C7H9BrSe/c1-2-3-6-4-5-7(8)9-6/h4-5H,2-3H2,1H3. The first-order valence-electron chi connectivity index (χ1n) is 3.07. The van der Waals surface area contributed by atoms with E-state index in [1.54, 1.807) is 4.44 Å². The summed E-state index contributed by atoms with van der Waals surface area (Å²) in [5, 5.41) is 0. The molecule has 0 bridgehead atoms. The molecular formula is C7H9BrSe. The maximum atomic E-state index is 3.49. The Bertz CT molecular complexity index is 181. The van der Waals surface area contributed by atoms with Gasteiger partial charge < -0.3 is 0 Å². The summed E-state index contributed by atoms with van der Waals surface area (Å²) in [5.74, 6) is 0. The summed E-state index contributed by atoms with van der Waals surface area (Å²) in [4.78, 5) is 0. The van der Waals surface area contributed by atoms with Gasteiger partial charge >= 0.3 is 70.1 Å². The third-order valence-electron chi connectivity index (χ3n) is 1.13. The Morgan fingerprint density at radius 3 is 2.78 bits per heavy atom. The molecule has 0 nitrogen and oxygen atoms in total. The van der Waals surface area contributed by atoms with Crippen LogP contribution in [0.3, 0.4) is 0 Å². The van der Waals surface area contributed by atoms with E-state index in [1.165, 1.54) is 16.2 Å². The molecule has 0 aliphatic carbocycles. The van der Waals surface area contributed by atoms with Crippen molar-refractivity contribution in [3.8, 4) is 0 Å². The van der Waals surface area contributed by atoms with Crippen LogP contribution >= 0.6 is 15.9 Å². The van der Waals surface area contributed by atoms with E-state index < -0.39 is 0 Å². The average molecular weight is 252 g/mol. The number of rotatable bonds is 2. The molecule has 1 aromatic rings. The van der Waals surface area contributed by atoms with Gasteiger partial charge in [-0.25, -0.2) is 0 Å². The third-order valence-corrected chi connectivity index (χ3v) is 4.19. The quantitative estimate of drug-likeness (QED) is 0.709. The minimum atomic E-state index is 0.635. The van der Waals surface area contributed by atoms with Gasteiger partial charge in [-0.3, -0.25) is 0 Å². The van der Waals surface area contributed by atoms with Crippen LogP contribution in [0, 0.1) is 0 Å². The molecule has 0 atom stereocenters. The van der Waals surface area contributed by atoms with Crippen molar-refractivity contribution in [3.05, 3.63) is 19.9 Å². The fourth-order valence-electron chi connectivity index (χ4n) is 0.733. The van der Waals surface area contributed by atoms with E-state index in [9.17, 15) is 0 Å². The van der Waals surface area contributed by atoms with Crippen LogP contribution in [0.2, 0.25) is 0 Å². The molecule has 0 aromatic carbocycles. The topological polar surface area (TPSA) is 0 Å². The number of hydrogen-bond donors (Lipinski definition) is 0. The Morgan fingerprint density at radius 1 is 1.56 bits per heavy atom. The van der Waals surface area contributed by atoms with Crippen molar-refractivity contribution in [1.29, 1.82) is 0 Å². The summed E-state index contributed by atoms with van der Waals surface area (Å²) in [6.07, 6.45) is 2.56. The Morgan fingerprint density at radius 2 is 2.33 bits per heavy atom. The minimum absolute atomic E-state index is 0.635. The van der Waals surface area contributed by atoms with Crippen LogP contribution < -0.4 is 0 Å². The first-order valence-corrected chi connectivity index (χ1v) is 5.57. The molecule has 0 fully saturated rings. The van der Waals surface area contributed by atoms with Gasteiger partial charge in [0.15, 0.2) is 0 Å². The SMILES string of the molecule is CCCc1ccc(Br)[se]1. The molecule has 2 heteroatoms. The summed E-state index contributed by atoms with van der Waals surface area (Å²) in [7, 11) is 0. The molecule has 1 heterocycles. The van der Waals surface area contributed by atoms with E-state index in [-0.39, 0.29) is 0 Å². The fourth-order valence-corrected chi connectivity index (χ4v) is 3.68. The van der Waals surface area contributed by atoms with Crippen molar-refractivity contribution in [2.24, 2.45) is 0 Å². The van der Waals surface area contributed by atoms with Crippen molar-refractivity contribution in [3.63, 3.8) is 0 Å². The maximum absolute atomic E-state index is 3.49. The van der Waals surface area contributed by atoms with E-state index >= 15 is 0 Å². The summed E-state index contributed by atoms with van der Waals surface area (Å²) >= 11 is 4.12. The fraction of sp³-hybridized carbons (Fsp3) is 0.429. The monoisotopic (exact) mass is 252 g/mol. The predicted molar refractivity (Wildman–Crippen MR) is 45.1 cm³/mol. The second-order valence-electron chi connectivity index (χ2n) is 1.96. The molecule has 0 aliphatic heterocycles. The van der Waals surface area contributed by atoms with E-state index in [2.05, 4.69) is 35.0 Å². The van der Waals surface area contributed by atoms with Gasteiger partial charge in [-0.1, -0.05) is 0 Å². The first-order chi connectivity index (χ1) is 4.33. The summed E-state index contributed by atoms with van der Waals surface area (Å²) in [6, 6.07) is 4.42. The second-order valence-corrected chi connectivity index (χ2v) is 6.44. The van der Waals surface area contributed by atoms with Gasteiger partial charge in [0.2, 0.25) is 0 Å². The van der Waals surface area contributed by atoms with Gasteiger partial charge in [0.25, 0.3) is 0 Å². The Kier molecular flexibility index (Phi) is 3.03. The zero-order valence-corrected chi connectivity index (χ0v) is 8.65. The zero-order chi connectivity index (χ0) is 6.69. The average Bonchev–Trinajstić information content (AvgIpc) is 2.17. The van der Waals surface area contributed by atoms with Crippen molar-refractivity contribution < 1.29 is 0 Å². The van der Waals surface area contributed by atoms with Gasteiger partial charge in [-0.2, -0.15) is 0 Å². The molecule has 0 radical (unpaired) electrons. The van der Waals surface area contributed by atoms with Gasteiger partial charge in [0.05, 0.1) is 0 Å². The van der Waals surface area contributed by atoms with E-state index in [0.29, 0.717) is 14.5 Å². The second kappa shape index (κ2) is 3.60. The van der Waals surface area contributed by atoms with Gasteiger partial charge in [-0.05, 0) is 0 Å². The van der Waals surface area contributed by atoms with Crippen molar-refractivity contribution in [1.82, 2.24) is 0 Å². The Labute approximate surface area is 70.2 Å². The molecule has 1 rings (SSSR count). The van der Waals surface area contributed by atoms with E-state index in [1.807, 2.05) is 0 Å². The molecule has 0 unspecified atom stereocenters. The molecule has 0 N–H and O–H groups in total. The summed E-state index contributed by atoms with van der Waals surface area (Å²) < 4.78 is 3.01. The zero-order valence-electron chi connectivity index (χ0n) is 5.36. The van der Waals surface area contributed by atoms with Gasteiger partial charge in [0.1, 0.15) is 0 Å². The van der Waals surface area contributed by atoms with Crippen molar-refractivity contribution >= 4 is 30.4 Å². The van der Waals surface area contributed by atoms with Crippen LogP contribution in [0.15, 0.2) is 15.5 Å². The molecular weight excluding hydrogens is 243 g/mol. The Balaban J connectivity index is 2.61. The molecule has 0 spiro atoms. The summed E-state index contributed by atoms with van der Waals surface area (Å²) in [5.41, 5.74) is 0. The molecule has 0 aliphatic rings. The van der Waals surface area contributed by atoms with Crippen LogP contribution in [0.1, 0.15) is 17.8 Å². The Hall–Kier alpha value is 0.479. The van der Waals surface area contributed by atoms with Crippen LogP contribution in [-0.4, -0.2) is 14.5 Å². The molecule has 9 heavy (non-hydrogen) atoms. The van der Waals surface area contributed by atoms with Crippen LogP contribution in [0.4, 0.5) is 0 Å².